The highest BCUT2D eigenvalue weighted by Crippen LogP contribution is 2.27. The van der Waals surface area contributed by atoms with Gasteiger partial charge in [0.25, 0.3) is 11.8 Å². The molecule has 2 amide bonds. The summed E-state index contributed by atoms with van der Waals surface area (Å²) in [5.41, 5.74) is 3.23. The molecule has 0 spiro atoms. The number of hydrogen-bond donors (Lipinski definition) is 0. The van der Waals surface area contributed by atoms with E-state index >= 15 is 0 Å². The Kier molecular flexibility index (Phi) is 8.95. The molecule has 2 aromatic rings. The van der Waals surface area contributed by atoms with Gasteiger partial charge in [0.2, 0.25) is 0 Å². The molecule has 192 valence electrons. The Morgan fingerprint density at radius 1 is 0.528 bits per heavy atom. The number of rotatable bonds is 6. The summed E-state index contributed by atoms with van der Waals surface area (Å²) in [4.78, 5) is 43.0. The summed E-state index contributed by atoms with van der Waals surface area (Å²) >= 11 is 0. The van der Waals surface area contributed by atoms with Gasteiger partial charge in [-0.3, -0.25) is 14.4 Å². The van der Waals surface area contributed by atoms with Crippen LogP contribution in [0, 0.1) is 0 Å². The van der Waals surface area contributed by atoms with Gasteiger partial charge in [-0.1, -0.05) is 63.8 Å². The number of carbonyl (C=O) groups is 3. The van der Waals surface area contributed by atoms with Crippen molar-refractivity contribution in [2.24, 2.45) is 0 Å². The largest absolute Gasteiger partial charge is 0.339 e. The van der Waals surface area contributed by atoms with E-state index in [4.69, 9.17) is 0 Å². The second kappa shape index (κ2) is 12.3. The van der Waals surface area contributed by atoms with Crippen LogP contribution >= 0.6 is 0 Å². The molecule has 2 unspecified atom stereocenters. The standard InChI is InChI=1S/C31H40N2O3/c1-23(25-11-15-27(16-12-25)30(35)32-19-7-3-4-8-20-32)29(34)24(2)26-13-17-28(18-14-26)31(36)33-21-9-5-6-10-22-33/h11-18,23-24H,3-10,19-22H2,1-2H3. The molecule has 0 saturated carbocycles. The second-order valence-corrected chi connectivity index (χ2v) is 10.5. The van der Waals surface area contributed by atoms with Gasteiger partial charge in [-0.05, 0) is 61.1 Å². The third-order valence-electron chi connectivity index (χ3n) is 7.96. The molecule has 5 nitrogen and oxygen atoms in total. The monoisotopic (exact) mass is 488 g/mol. The van der Waals surface area contributed by atoms with E-state index in [2.05, 4.69) is 0 Å². The predicted molar refractivity (Wildman–Crippen MR) is 143 cm³/mol. The van der Waals surface area contributed by atoms with Gasteiger partial charge in [-0.25, -0.2) is 0 Å². The van der Waals surface area contributed by atoms with Crippen LogP contribution < -0.4 is 0 Å². The highest BCUT2D eigenvalue weighted by Gasteiger charge is 2.24. The van der Waals surface area contributed by atoms with Crippen LogP contribution in [0.3, 0.4) is 0 Å². The van der Waals surface area contributed by atoms with E-state index in [1.165, 1.54) is 25.7 Å². The molecule has 0 radical (unpaired) electrons. The summed E-state index contributed by atoms with van der Waals surface area (Å²) in [6, 6.07) is 15.1. The minimum absolute atomic E-state index is 0.0885. The Hall–Kier alpha value is -2.95. The molecule has 2 heterocycles. The lowest BCUT2D eigenvalue weighted by molar-refractivity contribution is -0.121. The van der Waals surface area contributed by atoms with E-state index < -0.39 is 0 Å². The van der Waals surface area contributed by atoms with Crippen molar-refractivity contribution in [3.63, 3.8) is 0 Å². The molecule has 2 aliphatic rings. The van der Waals surface area contributed by atoms with Crippen LogP contribution in [0.4, 0.5) is 0 Å². The van der Waals surface area contributed by atoms with Gasteiger partial charge < -0.3 is 9.80 Å². The first-order valence-electron chi connectivity index (χ1n) is 13.8. The average molecular weight is 489 g/mol. The summed E-state index contributed by atoms with van der Waals surface area (Å²) in [5.74, 6) is -0.245. The summed E-state index contributed by atoms with van der Waals surface area (Å²) in [7, 11) is 0. The molecule has 36 heavy (non-hydrogen) atoms. The number of amides is 2. The normalized spacial score (nSPS) is 18.6. The van der Waals surface area contributed by atoms with Crippen LogP contribution in [0.15, 0.2) is 48.5 Å². The smallest absolute Gasteiger partial charge is 0.253 e. The third-order valence-corrected chi connectivity index (χ3v) is 7.96. The van der Waals surface area contributed by atoms with Gasteiger partial charge in [0.15, 0.2) is 0 Å². The Morgan fingerprint density at radius 3 is 1.14 bits per heavy atom. The first-order valence-corrected chi connectivity index (χ1v) is 13.8. The highest BCUT2D eigenvalue weighted by atomic mass is 16.2. The van der Waals surface area contributed by atoms with E-state index in [1.54, 1.807) is 0 Å². The maximum Gasteiger partial charge on any atom is 0.253 e. The Morgan fingerprint density at radius 2 is 0.833 bits per heavy atom. The fourth-order valence-electron chi connectivity index (χ4n) is 5.44. The lowest BCUT2D eigenvalue weighted by Crippen LogP contribution is -2.31. The zero-order valence-electron chi connectivity index (χ0n) is 21.9. The molecule has 0 N–H and O–H groups in total. The fourth-order valence-corrected chi connectivity index (χ4v) is 5.44. The molecule has 2 fully saturated rings. The lowest BCUT2D eigenvalue weighted by atomic mass is 9.85. The van der Waals surface area contributed by atoms with Crippen LogP contribution in [0.1, 0.15) is 109 Å². The lowest BCUT2D eigenvalue weighted by Gasteiger charge is -2.22. The van der Waals surface area contributed by atoms with Crippen molar-refractivity contribution in [1.82, 2.24) is 9.80 Å². The number of likely N-dealkylation sites (tertiary alicyclic amines) is 2. The van der Waals surface area contributed by atoms with E-state index in [-0.39, 0.29) is 29.4 Å². The zero-order valence-corrected chi connectivity index (χ0v) is 21.9. The molecular formula is C31H40N2O3. The van der Waals surface area contributed by atoms with Crippen molar-refractivity contribution in [3.05, 3.63) is 70.8 Å². The minimum atomic E-state index is -0.277. The van der Waals surface area contributed by atoms with E-state index in [9.17, 15) is 14.4 Å². The predicted octanol–water partition coefficient (Wildman–Crippen LogP) is 6.20. The fraction of sp³-hybridized carbons (Fsp3) is 0.516. The SMILES string of the molecule is CC(C(=O)C(C)c1ccc(C(=O)N2CCCCCC2)cc1)c1ccc(C(=O)N2CCCCCC2)cc1. The topological polar surface area (TPSA) is 57.7 Å². The number of carbonyl (C=O) groups excluding carboxylic acids is 3. The van der Waals surface area contributed by atoms with E-state index in [0.29, 0.717) is 11.1 Å². The van der Waals surface area contributed by atoms with E-state index in [0.717, 1.165) is 63.0 Å². The maximum absolute atomic E-state index is 13.3. The van der Waals surface area contributed by atoms with Crippen molar-refractivity contribution in [3.8, 4) is 0 Å². The number of ketones is 1. The summed E-state index contributed by atoms with van der Waals surface area (Å²) in [5, 5.41) is 0. The van der Waals surface area contributed by atoms with Gasteiger partial charge in [-0.2, -0.15) is 0 Å². The third kappa shape index (κ3) is 6.24. The van der Waals surface area contributed by atoms with Crippen molar-refractivity contribution in [1.29, 1.82) is 0 Å². The summed E-state index contributed by atoms with van der Waals surface area (Å²) in [6.07, 6.45) is 9.05. The molecule has 2 saturated heterocycles. The van der Waals surface area contributed by atoms with Crippen molar-refractivity contribution in [2.45, 2.75) is 77.0 Å². The van der Waals surface area contributed by atoms with Gasteiger partial charge in [0.05, 0.1) is 0 Å². The first kappa shape index (κ1) is 26.1. The highest BCUT2D eigenvalue weighted by molar-refractivity contribution is 5.96. The van der Waals surface area contributed by atoms with Crippen LogP contribution in [-0.4, -0.2) is 53.6 Å². The van der Waals surface area contributed by atoms with Gasteiger partial charge >= 0.3 is 0 Å². The number of hydrogen-bond acceptors (Lipinski definition) is 3. The van der Waals surface area contributed by atoms with E-state index in [1.807, 2.05) is 72.2 Å². The molecule has 2 aliphatic heterocycles. The Balaban J connectivity index is 1.38. The Labute approximate surface area is 215 Å². The molecule has 0 bridgehead atoms. The minimum Gasteiger partial charge on any atom is -0.339 e. The molecular weight excluding hydrogens is 448 g/mol. The maximum atomic E-state index is 13.3. The molecule has 0 aliphatic carbocycles. The number of nitrogens with zero attached hydrogens (tertiary/aromatic N) is 2. The zero-order chi connectivity index (χ0) is 25.5. The van der Waals surface area contributed by atoms with Crippen LogP contribution in [0.25, 0.3) is 0 Å². The molecule has 2 atom stereocenters. The van der Waals surface area contributed by atoms with Crippen LogP contribution in [-0.2, 0) is 4.79 Å². The molecule has 2 aromatic carbocycles. The summed E-state index contributed by atoms with van der Waals surface area (Å²) in [6.45, 7) is 7.18. The quantitative estimate of drug-likeness (QED) is 0.487. The summed E-state index contributed by atoms with van der Waals surface area (Å²) < 4.78 is 0. The van der Waals surface area contributed by atoms with Gasteiger partial charge in [0.1, 0.15) is 5.78 Å². The first-order chi connectivity index (χ1) is 17.5. The van der Waals surface area contributed by atoms with Crippen molar-refractivity contribution >= 4 is 17.6 Å². The molecule has 0 aromatic heterocycles. The number of benzene rings is 2. The van der Waals surface area contributed by atoms with Crippen molar-refractivity contribution in [2.75, 3.05) is 26.2 Å². The molecule has 5 heteroatoms. The van der Waals surface area contributed by atoms with Crippen LogP contribution in [0.5, 0.6) is 0 Å². The van der Waals surface area contributed by atoms with Gasteiger partial charge in [-0.15, -0.1) is 0 Å². The van der Waals surface area contributed by atoms with Crippen LogP contribution in [0.2, 0.25) is 0 Å². The number of Topliss-reactive ketones (excluding diaryl/α,β-unsaturated/α-hetero) is 1. The Bertz CT molecular complexity index is 945. The molecule has 4 rings (SSSR count). The van der Waals surface area contributed by atoms with Gasteiger partial charge in [0, 0.05) is 49.1 Å². The second-order valence-electron chi connectivity index (χ2n) is 10.5. The van der Waals surface area contributed by atoms with Crippen molar-refractivity contribution < 1.29 is 14.4 Å². The average Bonchev–Trinajstić information content (AvgIpc) is 3.37.